The third-order valence-corrected chi connectivity index (χ3v) is 2.29. The highest BCUT2D eigenvalue weighted by molar-refractivity contribution is 6.31. The van der Waals surface area contributed by atoms with Crippen LogP contribution in [0.15, 0.2) is 18.2 Å². The van der Waals surface area contributed by atoms with Crippen LogP contribution in [0, 0.1) is 5.82 Å². The number of aliphatic carboxylic acids is 1. The first-order valence-corrected chi connectivity index (χ1v) is 4.74. The molecule has 16 heavy (non-hydrogen) atoms. The Morgan fingerprint density at radius 1 is 1.50 bits per heavy atom. The second kappa shape index (κ2) is 5.05. The van der Waals surface area contributed by atoms with E-state index in [4.69, 9.17) is 16.7 Å². The van der Waals surface area contributed by atoms with E-state index in [9.17, 15) is 14.0 Å². The van der Waals surface area contributed by atoms with Crippen LogP contribution in [-0.2, 0) is 4.79 Å². The maximum absolute atomic E-state index is 12.8. The Kier molecular flexibility index (Phi) is 3.98. The SMILES string of the molecule is CNC(C(=O)O)C(=O)c1ccc(F)c(Cl)c1. The highest BCUT2D eigenvalue weighted by Crippen LogP contribution is 2.17. The Hall–Kier alpha value is -1.46. The van der Waals surface area contributed by atoms with Gasteiger partial charge in [-0.15, -0.1) is 0 Å². The maximum atomic E-state index is 12.8. The van der Waals surface area contributed by atoms with Gasteiger partial charge in [-0.25, -0.2) is 4.39 Å². The summed E-state index contributed by atoms with van der Waals surface area (Å²) in [6, 6.07) is 1.95. The molecule has 0 bridgehead atoms. The van der Waals surface area contributed by atoms with E-state index < -0.39 is 23.6 Å². The van der Waals surface area contributed by atoms with E-state index in [-0.39, 0.29) is 10.6 Å². The van der Waals surface area contributed by atoms with E-state index in [1.807, 2.05) is 0 Å². The molecule has 0 radical (unpaired) electrons. The fraction of sp³-hybridized carbons (Fsp3) is 0.200. The first-order chi connectivity index (χ1) is 7.47. The largest absolute Gasteiger partial charge is 0.480 e. The number of carboxylic acids is 1. The standard InChI is InChI=1S/C10H9ClFNO3/c1-13-8(10(15)16)9(14)5-2-3-7(12)6(11)4-5/h2-4,8,13H,1H3,(H,15,16). The summed E-state index contributed by atoms with van der Waals surface area (Å²) >= 11 is 5.49. The van der Waals surface area contributed by atoms with Gasteiger partial charge in [0.1, 0.15) is 5.82 Å². The Balaban J connectivity index is 3.04. The quantitative estimate of drug-likeness (QED) is 0.621. The average molecular weight is 246 g/mol. The molecule has 0 aromatic heterocycles. The number of hydrogen-bond acceptors (Lipinski definition) is 3. The van der Waals surface area contributed by atoms with Crippen molar-refractivity contribution in [3.05, 3.63) is 34.6 Å². The van der Waals surface area contributed by atoms with Crippen molar-refractivity contribution in [2.75, 3.05) is 7.05 Å². The molecular weight excluding hydrogens is 237 g/mol. The number of hydrogen-bond donors (Lipinski definition) is 2. The van der Waals surface area contributed by atoms with Gasteiger partial charge in [0.2, 0.25) is 0 Å². The summed E-state index contributed by atoms with van der Waals surface area (Å²) < 4.78 is 12.8. The van der Waals surface area contributed by atoms with Crippen molar-refractivity contribution in [2.45, 2.75) is 6.04 Å². The molecule has 0 aliphatic rings. The molecule has 6 heteroatoms. The van der Waals surface area contributed by atoms with Crippen molar-refractivity contribution in [3.63, 3.8) is 0 Å². The molecule has 0 aliphatic carbocycles. The number of Topliss-reactive ketones (excluding diaryl/α,β-unsaturated/α-hetero) is 1. The summed E-state index contributed by atoms with van der Waals surface area (Å²) in [5.74, 6) is -2.63. The molecule has 0 heterocycles. The van der Waals surface area contributed by atoms with Crippen LogP contribution in [-0.4, -0.2) is 29.9 Å². The van der Waals surface area contributed by atoms with Gasteiger partial charge in [-0.05, 0) is 25.2 Å². The third kappa shape index (κ3) is 2.56. The van der Waals surface area contributed by atoms with E-state index in [2.05, 4.69) is 5.32 Å². The predicted molar refractivity (Wildman–Crippen MR) is 56.2 cm³/mol. The highest BCUT2D eigenvalue weighted by Gasteiger charge is 2.25. The van der Waals surface area contributed by atoms with Gasteiger partial charge in [0.15, 0.2) is 11.8 Å². The molecule has 0 spiro atoms. The summed E-state index contributed by atoms with van der Waals surface area (Å²) in [5, 5.41) is 10.9. The van der Waals surface area contributed by atoms with Crippen molar-refractivity contribution < 1.29 is 19.1 Å². The van der Waals surface area contributed by atoms with E-state index in [0.29, 0.717) is 0 Å². The van der Waals surface area contributed by atoms with E-state index in [1.54, 1.807) is 0 Å². The Bertz CT molecular complexity index is 436. The van der Waals surface area contributed by atoms with E-state index in [0.717, 1.165) is 12.1 Å². The molecule has 1 aromatic rings. The second-order valence-corrected chi connectivity index (χ2v) is 3.46. The first-order valence-electron chi connectivity index (χ1n) is 4.36. The van der Waals surface area contributed by atoms with Crippen molar-refractivity contribution >= 4 is 23.4 Å². The minimum Gasteiger partial charge on any atom is -0.480 e. The van der Waals surface area contributed by atoms with Gasteiger partial charge < -0.3 is 10.4 Å². The lowest BCUT2D eigenvalue weighted by Crippen LogP contribution is -2.41. The zero-order chi connectivity index (χ0) is 12.3. The molecule has 0 saturated carbocycles. The van der Waals surface area contributed by atoms with Crippen LogP contribution in [0.4, 0.5) is 4.39 Å². The average Bonchev–Trinajstić information content (AvgIpc) is 2.22. The zero-order valence-corrected chi connectivity index (χ0v) is 9.08. The zero-order valence-electron chi connectivity index (χ0n) is 8.33. The predicted octanol–water partition coefficient (Wildman–Crippen LogP) is 1.33. The number of halogens is 2. The van der Waals surface area contributed by atoms with Crippen LogP contribution in [0.25, 0.3) is 0 Å². The number of rotatable bonds is 4. The van der Waals surface area contributed by atoms with E-state index >= 15 is 0 Å². The van der Waals surface area contributed by atoms with Crippen molar-refractivity contribution in [1.29, 1.82) is 0 Å². The van der Waals surface area contributed by atoms with Crippen LogP contribution in [0.3, 0.4) is 0 Å². The number of likely N-dealkylation sites (N-methyl/N-ethyl adjacent to an activating group) is 1. The monoisotopic (exact) mass is 245 g/mol. The van der Waals surface area contributed by atoms with Crippen LogP contribution >= 0.6 is 11.6 Å². The molecule has 1 rings (SSSR count). The summed E-state index contributed by atoms with van der Waals surface area (Å²) in [5.41, 5.74) is 0.0492. The molecule has 0 saturated heterocycles. The molecule has 1 unspecified atom stereocenters. The minimum atomic E-state index is -1.36. The van der Waals surface area contributed by atoms with Gasteiger partial charge in [0.05, 0.1) is 5.02 Å². The van der Waals surface area contributed by atoms with Gasteiger partial charge in [-0.3, -0.25) is 9.59 Å². The normalized spacial score (nSPS) is 12.2. The number of nitrogens with one attached hydrogen (secondary N) is 1. The minimum absolute atomic E-state index is 0.0492. The molecule has 4 nitrogen and oxygen atoms in total. The second-order valence-electron chi connectivity index (χ2n) is 3.05. The molecule has 1 aromatic carbocycles. The molecule has 2 N–H and O–H groups in total. The van der Waals surface area contributed by atoms with Gasteiger partial charge >= 0.3 is 5.97 Å². The van der Waals surface area contributed by atoms with Gasteiger partial charge in [-0.2, -0.15) is 0 Å². The number of carbonyl (C=O) groups excluding carboxylic acids is 1. The molecule has 0 aliphatic heterocycles. The molecule has 1 atom stereocenters. The third-order valence-electron chi connectivity index (χ3n) is 2.00. The number of carbonyl (C=O) groups is 2. The summed E-state index contributed by atoms with van der Waals surface area (Å²) in [7, 11) is 1.35. The summed E-state index contributed by atoms with van der Waals surface area (Å²) in [4.78, 5) is 22.4. The molecular formula is C10H9ClFNO3. The van der Waals surface area contributed by atoms with Crippen LogP contribution in [0.1, 0.15) is 10.4 Å². The smallest absolute Gasteiger partial charge is 0.328 e. The topological polar surface area (TPSA) is 66.4 Å². The van der Waals surface area contributed by atoms with Gasteiger partial charge in [-0.1, -0.05) is 11.6 Å². The molecule has 86 valence electrons. The van der Waals surface area contributed by atoms with Crippen molar-refractivity contribution in [2.24, 2.45) is 0 Å². The van der Waals surface area contributed by atoms with E-state index in [1.165, 1.54) is 13.1 Å². The lowest BCUT2D eigenvalue weighted by molar-refractivity contribution is -0.137. The van der Waals surface area contributed by atoms with Crippen molar-refractivity contribution in [1.82, 2.24) is 5.32 Å². The van der Waals surface area contributed by atoms with Gasteiger partial charge in [0.25, 0.3) is 0 Å². The number of benzene rings is 1. The Morgan fingerprint density at radius 2 is 2.12 bits per heavy atom. The Labute approximate surface area is 96.0 Å². The number of ketones is 1. The summed E-state index contributed by atoms with van der Waals surface area (Å²) in [6.07, 6.45) is 0. The fourth-order valence-electron chi connectivity index (χ4n) is 1.18. The Morgan fingerprint density at radius 3 is 2.56 bits per heavy atom. The van der Waals surface area contributed by atoms with Crippen LogP contribution in [0.5, 0.6) is 0 Å². The van der Waals surface area contributed by atoms with Crippen molar-refractivity contribution in [3.8, 4) is 0 Å². The fourth-order valence-corrected chi connectivity index (χ4v) is 1.36. The highest BCUT2D eigenvalue weighted by atomic mass is 35.5. The first kappa shape index (κ1) is 12.6. The molecule has 0 amide bonds. The van der Waals surface area contributed by atoms with Crippen LogP contribution in [0.2, 0.25) is 5.02 Å². The maximum Gasteiger partial charge on any atom is 0.328 e. The van der Waals surface area contributed by atoms with Crippen LogP contribution < -0.4 is 5.32 Å². The lowest BCUT2D eigenvalue weighted by Gasteiger charge is -2.10. The lowest BCUT2D eigenvalue weighted by atomic mass is 10.0. The van der Waals surface area contributed by atoms with Gasteiger partial charge in [0, 0.05) is 5.56 Å². The summed E-state index contributed by atoms with van der Waals surface area (Å²) in [6.45, 7) is 0. The molecule has 0 fully saturated rings. The number of carboxylic acid groups (broad SMARTS) is 1.